The van der Waals surface area contributed by atoms with Gasteiger partial charge in [-0.25, -0.2) is 0 Å². The van der Waals surface area contributed by atoms with Gasteiger partial charge in [0.1, 0.15) is 0 Å². The van der Waals surface area contributed by atoms with Crippen LogP contribution in [0.4, 0.5) is 0 Å². The summed E-state index contributed by atoms with van der Waals surface area (Å²) in [5.41, 5.74) is 0. The lowest BCUT2D eigenvalue weighted by Crippen LogP contribution is -2.51. The lowest BCUT2D eigenvalue weighted by molar-refractivity contribution is -0.132. The van der Waals surface area contributed by atoms with E-state index < -0.39 is 0 Å². The Hall–Kier alpha value is -1.24. The van der Waals surface area contributed by atoms with Crippen molar-refractivity contribution in [3.05, 3.63) is 29.3 Å². The molecule has 0 radical (unpaired) electrons. The van der Waals surface area contributed by atoms with Gasteiger partial charge in [0.2, 0.25) is 11.8 Å². The first-order valence-electron chi connectivity index (χ1n) is 8.74. The van der Waals surface area contributed by atoms with Crippen LogP contribution in [0, 0.1) is 0 Å². The van der Waals surface area contributed by atoms with Gasteiger partial charge < -0.3 is 10.2 Å². The Bertz CT molecular complexity index is 577. The van der Waals surface area contributed by atoms with Crippen LogP contribution >= 0.6 is 23.4 Å². The third-order valence-corrected chi connectivity index (χ3v) is 5.59. The number of thioether (sulfide) groups is 1. The van der Waals surface area contributed by atoms with Gasteiger partial charge in [0.05, 0.1) is 11.6 Å². The van der Waals surface area contributed by atoms with E-state index in [-0.39, 0.29) is 11.8 Å². The number of carbonyl (C=O) groups is 2. The van der Waals surface area contributed by atoms with E-state index in [1.807, 2.05) is 36.1 Å². The number of benzene rings is 1. The first kappa shape index (κ1) is 20.1. The lowest BCUT2D eigenvalue weighted by Gasteiger charge is -2.34. The molecular formula is C18H26ClN3O2S. The first-order chi connectivity index (χ1) is 12.1. The zero-order valence-corrected chi connectivity index (χ0v) is 16.2. The Morgan fingerprint density at radius 3 is 2.60 bits per heavy atom. The second-order valence-corrected chi connectivity index (χ2v) is 7.58. The molecule has 0 aliphatic carbocycles. The maximum absolute atomic E-state index is 12.3. The van der Waals surface area contributed by atoms with Gasteiger partial charge in [0.15, 0.2) is 0 Å². The average Bonchev–Trinajstić information content (AvgIpc) is 2.62. The predicted molar refractivity (Wildman–Crippen MR) is 103 cm³/mol. The van der Waals surface area contributed by atoms with Gasteiger partial charge in [-0.05, 0) is 18.6 Å². The van der Waals surface area contributed by atoms with Crippen molar-refractivity contribution in [2.75, 3.05) is 45.0 Å². The van der Waals surface area contributed by atoms with Crippen LogP contribution in [0.3, 0.4) is 0 Å². The van der Waals surface area contributed by atoms with E-state index in [0.29, 0.717) is 26.1 Å². The summed E-state index contributed by atoms with van der Waals surface area (Å²) < 4.78 is 0. The zero-order chi connectivity index (χ0) is 18.1. The number of nitrogens with zero attached hydrogens (tertiary/aromatic N) is 2. The highest BCUT2D eigenvalue weighted by molar-refractivity contribution is 7.99. The van der Waals surface area contributed by atoms with Crippen molar-refractivity contribution >= 4 is 35.2 Å². The van der Waals surface area contributed by atoms with Crippen molar-refractivity contribution in [2.24, 2.45) is 0 Å². The summed E-state index contributed by atoms with van der Waals surface area (Å²) in [6.45, 7) is 6.07. The van der Waals surface area contributed by atoms with E-state index in [1.165, 1.54) is 0 Å². The molecule has 0 unspecified atom stereocenters. The molecule has 25 heavy (non-hydrogen) atoms. The number of hydrogen-bond acceptors (Lipinski definition) is 4. The minimum atomic E-state index is 0.0674. The third-order valence-electron chi connectivity index (χ3n) is 4.07. The molecule has 138 valence electrons. The second-order valence-electron chi connectivity index (χ2n) is 6.04. The Balaban J connectivity index is 1.65. The summed E-state index contributed by atoms with van der Waals surface area (Å²) in [7, 11) is 0. The maximum Gasteiger partial charge on any atom is 0.234 e. The van der Waals surface area contributed by atoms with Crippen molar-refractivity contribution < 1.29 is 9.59 Å². The van der Waals surface area contributed by atoms with Crippen LogP contribution in [0.1, 0.15) is 19.8 Å². The maximum atomic E-state index is 12.3. The van der Waals surface area contributed by atoms with E-state index >= 15 is 0 Å². The first-order valence-corrected chi connectivity index (χ1v) is 10.1. The van der Waals surface area contributed by atoms with Crippen molar-refractivity contribution in [1.82, 2.24) is 15.1 Å². The summed E-state index contributed by atoms with van der Waals surface area (Å²) in [5, 5.41) is 3.62. The van der Waals surface area contributed by atoms with Crippen LogP contribution in [0.2, 0.25) is 5.02 Å². The Labute approximate surface area is 159 Å². The van der Waals surface area contributed by atoms with Crippen molar-refractivity contribution in [3.63, 3.8) is 0 Å². The molecule has 1 saturated heterocycles. The molecule has 1 aliphatic heterocycles. The van der Waals surface area contributed by atoms with Gasteiger partial charge in [-0.3, -0.25) is 14.5 Å². The van der Waals surface area contributed by atoms with Gasteiger partial charge in [-0.2, -0.15) is 0 Å². The molecule has 1 aliphatic rings. The number of halogens is 1. The van der Waals surface area contributed by atoms with Crippen molar-refractivity contribution in [3.8, 4) is 0 Å². The number of rotatable bonds is 8. The van der Waals surface area contributed by atoms with E-state index in [9.17, 15) is 9.59 Å². The van der Waals surface area contributed by atoms with Crippen LogP contribution in [0.15, 0.2) is 29.2 Å². The van der Waals surface area contributed by atoms with Gasteiger partial charge in [-0.15, -0.1) is 11.8 Å². The van der Waals surface area contributed by atoms with Gasteiger partial charge in [0.25, 0.3) is 0 Å². The number of carbonyl (C=O) groups excluding carboxylic acids is 2. The standard InChI is InChI=1S/C18H26ClN3O2S/c1-2-8-20-17(23)14-21-9-11-22(12-10-21)18(24)7-13-25-16-6-4-3-5-15(16)19/h3-6H,2,7-14H2,1H3,(H,20,23). The SMILES string of the molecule is CCCNC(=O)CN1CCN(C(=O)CCSc2ccccc2Cl)CC1. The Morgan fingerprint density at radius 1 is 1.20 bits per heavy atom. The monoisotopic (exact) mass is 383 g/mol. The largest absolute Gasteiger partial charge is 0.355 e. The molecule has 0 aromatic heterocycles. The van der Waals surface area contributed by atoms with E-state index in [0.717, 1.165) is 41.7 Å². The van der Waals surface area contributed by atoms with Crippen LogP contribution in [-0.4, -0.2) is 66.6 Å². The van der Waals surface area contributed by atoms with E-state index in [2.05, 4.69) is 10.2 Å². The Morgan fingerprint density at radius 2 is 1.92 bits per heavy atom. The fraction of sp³-hybridized carbons (Fsp3) is 0.556. The molecule has 0 saturated carbocycles. The summed E-state index contributed by atoms with van der Waals surface area (Å²) in [6, 6.07) is 7.69. The topological polar surface area (TPSA) is 52.7 Å². The smallest absolute Gasteiger partial charge is 0.234 e. The fourth-order valence-corrected chi connectivity index (χ4v) is 3.82. The molecule has 0 bridgehead atoms. The number of hydrogen-bond donors (Lipinski definition) is 1. The second kappa shape index (κ2) is 10.7. The molecule has 2 amide bonds. The molecular weight excluding hydrogens is 358 g/mol. The van der Waals surface area contributed by atoms with Gasteiger partial charge >= 0.3 is 0 Å². The highest BCUT2D eigenvalue weighted by Gasteiger charge is 2.22. The third kappa shape index (κ3) is 6.88. The van der Waals surface area contributed by atoms with Crippen LogP contribution < -0.4 is 5.32 Å². The van der Waals surface area contributed by atoms with E-state index in [4.69, 9.17) is 11.6 Å². The molecule has 0 spiro atoms. The molecule has 1 N–H and O–H groups in total. The zero-order valence-electron chi connectivity index (χ0n) is 14.7. The van der Waals surface area contributed by atoms with Crippen LogP contribution in [0.5, 0.6) is 0 Å². The molecule has 7 heteroatoms. The highest BCUT2D eigenvalue weighted by atomic mass is 35.5. The predicted octanol–water partition coefficient (Wildman–Crippen LogP) is 2.49. The molecule has 0 atom stereocenters. The normalized spacial score (nSPS) is 15.2. The lowest BCUT2D eigenvalue weighted by atomic mass is 10.3. The summed E-state index contributed by atoms with van der Waals surface area (Å²) in [4.78, 5) is 29.1. The summed E-state index contributed by atoms with van der Waals surface area (Å²) in [6.07, 6.45) is 1.45. The molecule has 1 aromatic rings. The average molecular weight is 384 g/mol. The molecule has 1 heterocycles. The minimum absolute atomic E-state index is 0.0674. The molecule has 1 aromatic carbocycles. The number of amides is 2. The molecule has 2 rings (SSSR count). The summed E-state index contributed by atoms with van der Waals surface area (Å²) in [5.74, 6) is 0.967. The summed E-state index contributed by atoms with van der Waals surface area (Å²) >= 11 is 7.74. The van der Waals surface area contributed by atoms with Crippen molar-refractivity contribution in [1.29, 1.82) is 0 Å². The minimum Gasteiger partial charge on any atom is -0.355 e. The van der Waals surface area contributed by atoms with Crippen molar-refractivity contribution in [2.45, 2.75) is 24.7 Å². The molecule has 5 nitrogen and oxygen atoms in total. The van der Waals surface area contributed by atoms with Gasteiger partial charge in [0, 0.05) is 49.8 Å². The Kier molecular flexibility index (Phi) is 8.58. The van der Waals surface area contributed by atoms with Gasteiger partial charge in [-0.1, -0.05) is 30.7 Å². The van der Waals surface area contributed by atoms with E-state index in [1.54, 1.807) is 11.8 Å². The molecule has 1 fully saturated rings. The fourth-order valence-electron chi connectivity index (χ4n) is 2.65. The number of nitrogens with one attached hydrogen (secondary N) is 1. The van der Waals surface area contributed by atoms with Crippen LogP contribution in [-0.2, 0) is 9.59 Å². The quantitative estimate of drug-likeness (QED) is 0.701. The highest BCUT2D eigenvalue weighted by Crippen LogP contribution is 2.27. The van der Waals surface area contributed by atoms with Crippen LogP contribution in [0.25, 0.3) is 0 Å². The number of piperazine rings is 1.